The van der Waals surface area contributed by atoms with E-state index in [0.717, 1.165) is 28.4 Å². The highest BCUT2D eigenvalue weighted by molar-refractivity contribution is 5.72. The minimum atomic E-state index is -0.337. The number of hydrogen-bond acceptors (Lipinski definition) is 4. The van der Waals surface area contributed by atoms with Crippen molar-refractivity contribution >= 4 is 6.08 Å². The molecule has 0 aromatic heterocycles. The molecule has 1 aromatic rings. The van der Waals surface area contributed by atoms with Crippen molar-refractivity contribution in [3.63, 3.8) is 0 Å². The maximum Gasteiger partial charge on any atom is 0.139 e. The van der Waals surface area contributed by atoms with Crippen molar-refractivity contribution < 1.29 is 18.9 Å². The SMILES string of the molecule is CCO[C@@H](C)c1c(OC)cc2c(c1OC)C=CC(C)(C)O2. The zero-order valence-electron chi connectivity index (χ0n) is 13.6. The molecular weight excluding hydrogens is 268 g/mol. The van der Waals surface area contributed by atoms with Crippen LogP contribution in [0.2, 0.25) is 0 Å². The minimum absolute atomic E-state index is 0.117. The molecule has 0 bridgehead atoms. The van der Waals surface area contributed by atoms with E-state index in [2.05, 4.69) is 0 Å². The van der Waals surface area contributed by atoms with Crippen LogP contribution < -0.4 is 14.2 Å². The van der Waals surface area contributed by atoms with Gasteiger partial charge < -0.3 is 18.9 Å². The Morgan fingerprint density at radius 1 is 1.24 bits per heavy atom. The molecule has 21 heavy (non-hydrogen) atoms. The van der Waals surface area contributed by atoms with E-state index in [1.807, 2.05) is 45.9 Å². The molecule has 1 atom stereocenters. The summed E-state index contributed by atoms with van der Waals surface area (Å²) in [5.74, 6) is 2.23. The summed E-state index contributed by atoms with van der Waals surface area (Å²) in [4.78, 5) is 0. The predicted molar refractivity (Wildman–Crippen MR) is 83.3 cm³/mol. The molecule has 1 aliphatic rings. The van der Waals surface area contributed by atoms with Crippen LogP contribution in [0.5, 0.6) is 17.2 Å². The quantitative estimate of drug-likeness (QED) is 0.822. The van der Waals surface area contributed by atoms with Gasteiger partial charge in [0, 0.05) is 12.7 Å². The summed E-state index contributed by atoms with van der Waals surface area (Å²) >= 11 is 0. The molecule has 116 valence electrons. The van der Waals surface area contributed by atoms with Crippen LogP contribution >= 0.6 is 0 Å². The van der Waals surface area contributed by atoms with Crippen molar-refractivity contribution in [3.05, 3.63) is 23.3 Å². The molecule has 0 amide bonds. The Kier molecular flexibility index (Phi) is 4.47. The fourth-order valence-electron chi connectivity index (χ4n) is 2.59. The molecule has 0 unspecified atom stereocenters. The van der Waals surface area contributed by atoms with Crippen molar-refractivity contribution in [2.75, 3.05) is 20.8 Å². The number of benzene rings is 1. The lowest BCUT2D eigenvalue weighted by atomic mass is 9.97. The van der Waals surface area contributed by atoms with E-state index in [1.54, 1.807) is 14.2 Å². The Hall–Kier alpha value is -1.68. The van der Waals surface area contributed by atoms with Gasteiger partial charge in [0.15, 0.2) is 0 Å². The number of fused-ring (bicyclic) bond motifs is 1. The summed E-state index contributed by atoms with van der Waals surface area (Å²) < 4.78 is 22.9. The number of methoxy groups -OCH3 is 2. The van der Waals surface area contributed by atoms with Crippen molar-refractivity contribution in [1.82, 2.24) is 0 Å². The lowest BCUT2D eigenvalue weighted by molar-refractivity contribution is 0.0722. The van der Waals surface area contributed by atoms with Gasteiger partial charge >= 0.3 is 0 Å². The van der Waals surface area contributed by atoms with Crippen LogP contribution in [0.25, 0.3) is 6.08 Å². The molecule has 0 spiro atoms. The first-order valence-corrected chi connectivity index (χ1v) is 7.22. The zero-order valence-corrected chi connectivity index (χ0v) is 13.6. The van der Waals surface area contributed by atoms with E-state index in [1.165, 1.54) is 0 Å². The van der Waals surface area contributed by atoms with Gasteiger partial charge in [0.25, 0.3) is 0 Å². The maximum atomic E-state index is 6.01. The van der Waals surface area contributed by atoms with Gasteiger partial charge in [0.05, 0.1) is 31.5 Å². The first-order valence-electron chi connectivity index (χ1n) is 7.22. The molecule has 0 radical (unpaired) electrons. The zero-order chi connectivity index (χ0) is 15.6. The molecule has 4 nitrogen and oxygen atoms in total. The Labute approximate surface area is 126 Å². The van der Waals surface area contributed by atoms with Crippen molar-refractivity contribution in [2.45, 2.75) is 39.4 Å². The number of rotatable bonds is 5. The molecule has 4 heteroatoms. The molecule has 1 aliphatic heterocycles. The van der Waals surface area contributed by atoms with Gasteiger partial charge in [-0.25, -0.2) is 0 Å². The van der Waals surface area contributed by atoms with Gasteiger partial charge in [-0.3, -0.25) is 0 Å². The molecule has 0 N–H and O–H groups in total. The first-order chi connectivity index (χ1) is 9.93. The number of ether oxygens (including phenoxy) is 4. The second-order valence-electron chi connectivity index (χ2n) is 5.57. The molecule has 0 fully saturated rings. The minimum Gasteiger partial charge on any atom is -0.496 e. The summed E-state index contributed by atoms with van der Waals surface area (Å²) in [5.41, 5.74) is 1.50. The molecular formula is C17H24O4. The molecule has 1 aromatic carbocycles. The highest BCUT2D eigenvalue weighted by Crippen LogP contribution is 2.46. The average molecular weight is 292 g/mol. The van der Waals surface area contributed by atoms with Crippen LogP contribution in [0, 0.1) is 0 Å². The monoisotopic (exact) mass is 292 g/mol. The smallest absolute Gasteiger partial charge is 0.139 e. The van der Waals surface area contributed by atoms with Gasteiger partial charge in [-0.1, -0.05) is 0 Å². The van der Waals surface area contributed by atoms with Crippen LogP contribution in [0.15, 0.2) is 12.1 Å². The third-order valence-corrected chi connectivity index (χ3v) is 3.55. The van der Waals surface area contributed by atoms with Gasteiger partial charge in [0.1, 0.15) is 22.8 Å². The standard InChI is InChI=1S/C17H24O4/c1-7-20-11(2)15-14(18-5)10-13-12(16(15)19-6)8-9-17(3,4)21-13/h8-11H,7H2,1-6H3/t11-/m0/s1. The average Bonchev–Trinajstić information content (AvgIpc) is 2.44. The third-order valence-electron chi connectivity index (χ3n) is 3.55. The van der Waals surface area contributed by atoms with Gasteiger partial charge in [-0.05, 0) is 39.8 Å². The number of hydrogen-bond donors (Lipinski definition) is 0. The maximum absolute atomic E-state index is 6.01. The molecule has 1 heterocycles. The second-order valence-corrected chi connectivity index (χ2v) is 5.57. The van der Waals surface area contributed by atoms with Crippen molar-refractivity contribution in [1.29, 1.82) is 0 Å². The Balaban J connectivity index is 2.61. The van der Waals surface area contributed by atoms with Crippen LogP contribution in [-0.2, 0) is 4.74 Å². The molecule has 0 saturated carbocycles. The van der Waals surface area contributed by atoms with E-state index in [9.17, 15) is 0 Å². The Bertz CT molecular complexity index is 546. The fourth-order valence-corrected chi connectivity index (χ4v) is 2.59. The first kappa shape index (κ1) is 15.7. The summed E-state index contributed by atoms with van der Waals surface area (Å²) in [7, 11) is 3.30. The summed E-state index contributed by atoms with van der Waals surface area (Å²) in [6.45, 7) is 8.63. The van der Waals surface area contributed by atoms with Gasteiger partial charge in [-0.2, -0.15) is 0 Å². The highest BCUT2D eigenvalue weighted by Gasteiger charge is 2.29. The molecule has 0 saturated heterocycles. The molecule has 2 rings (SSSR count). The van der Waals surface area contributed by atoms with E-state index in [4.69, 9.17) is 18.9 Å². The third kappa shape index (κ3) is 3.00. The van der Waals surface area contributed by atoms with E-state index >= 15 is 0 Å². The molecule has 0 aliphatic carbocycles. The largest absolute Gasteiger partial charge is 0.496 e. The highest BCUT2D eigenvalue weighted by atomic mass is 16.5. The Morgan fingerprint density at radius 2 is 1.95 bits per heavy atom. The second kappa shape index (κ2) is 5.98. The Morgan fingerprint density at radius 3 is 2.52 bits per heavy atom. The summed E-state index contributed by atoms with van der Waals surface area (Å²) in [6.07, 6.45) is 3.95. The van der Waals surface area contributed by atoms with Crippen molar-refractivity contribution in [3.8, 4) is 17.2 Å². The van der Waals surface area contributed by atoms with Crippen LogP contribution in [0.4, 0.5) is 0 Å². The summed E-state index contributed by atoms with van der Waals surface area (Å²) in [5, 5.41) is 0. The van der Waals surface area contributed by atoms with E-state index in [-0.39, 0.29) is 11.7 Å². The lowest BCUT2D eigenvalue weighted by Crippen LogP contribution is -2.27. The van der Waals surface area contributed by atoms with E-state index < -0.39 is 0 Å². The summed E-state index contributed by atoms with van der Waals surface area (Å²) in [6, 6.07) is 1.91. The van der Waals surface area contributed by atoms with Crippen molar-refractivity contribution in [2.24, 2.45) is 0 Å². The van der Waals surface area contributed by atoms with Gasteiger partial charge in [0.2, 0.25) is 0 Å². The predicted octanol–water partition coefficient (Wildman–Crippen LogP) is 3.99. The normalized spacial score (nSPS) is 16.9. The van der Waals surface area contributed by atoms with Crippen LogP contribution in [0.3, 0.4) is 0 Å². The van der Waals surface area contributed by atoms with Gasteiger partial charge in [-0.15, -0.1) is 0 Å². The lowest BCUT2D eigenvalue weighted by Gasteiger charge is -2.30. The van der Waals surface area contributed by atoms with E-state index in [0.29, 0.717) is 6.61 Å². The topological polar surface area (TPSA) is 36.9 Å². The van der Waals surface area contributed by atoms with Crippen LogP contribution in [-0.4, -0.2) is 26.4 Å². The van der Waals surface area contributed by atoms with Crippen LogP contribution in [0.1, 0.15) is 44.9 Å². The fraction of sp³-hybridized carbons (Fsp3) is 0.529.